The molecule has 0 aliphatic rings. The Balaban J connectivity index is 1.40. The number of hydrogen-bond acceptors (Lipinski definition) is 5. The molecule has 0 saturated heterocycles. The first-order valence-corrected chi connectivity index (χ1v) is 10.3. The number of carbonyl (C=O) groups excluding carboxylic acids is 1. The minimum absolute atomic E-state index is 0.208. The zero-order valence-corrected chi connectivity index (χ0v) is 17.2. The minimum Gasteiger partial charge on any atom is -0.352 e. The number of rotatable bonds is 5. The molecule has 0 aliphatic heterocycles. The lowest BCUT2D eigenvalue weighted by molar-refractivity contribution is 0.0954. The molecule has 146 valence electrons. The van der Waals surface area contributed by atoms with Crippen molar-refractivity contribution >= 4 is 40.4 Å². The van der Waals surface area contributed by atoms with E-state index >= 15 is 0 Å². The Hall–Kier alpha value is -3.10. The maximum atomic E-state index is 12.5. The molecule has 4 aromatic rings. The van der Waals surface area contributed by atoms with Gasteiger partial charge >= 0.3 is 0 Å². The summed E-state index contributed by atoms with van der Waals surface area (Å²) in [5.74, 6) is -0.208. The van der Waals surface area contributed by atoms with Gasteiger partial charge in [-0.25, -0.2) is 4.98 Å². The van der Waals surface area contributed by atoms with E-state index in [0.717, 1.165) is 16.3 Å². The molecule has 2 aromatic carbocycles. The van der Waals surface area contributed by atoms with E-state index in [0.29, 0.717) is 29.4 Å². The average Bonchev–Trinajstić information content (AvgIpc) is 3.16. The Morgan fingerprint density at radius 1 is 1.17 bits per heavy atom. The summed E-state index contributed by atoms with van der Waals surface area (Å²) in [6.07, 6.45) is 0.643. The zero-order chi connectivity index (χ0) is 20.4. The molecular formula is C21H18N4O2S2. The van der Waals surface area contributed by atoms with Crippen LogP contribution >= 0.6 is 23.6 Å². The topological polar surface area (TPSA) is 90.6 Å². The van der Waals surface area contributed by atoms with E-state index in [-0.39, 0.29) is 16.2 Å². The fourth-order valence-electron chi connectivity index (χ4n) is 2.97. The normalized spacial score (nSPS) is 10.9. The van der Waals surface area contributed by atoms with Crippen LogP contribution in [0.25, 0.3) is 21.5 Å². The minimum atomic E-state index is -0.274. The molecule has 1 amide bonds. The number of H-pyrrole nitrogens is 2. The Bertz CT molecular complexity index is 1300. The van der Waals surface area contributed by atoms with Crippen molar-refractivity contribution in [3.63, 3.8) is 0 Å². The Kier molecular flexibility index (Phi) is 5.37. The number of nitrogens with zero attached hydrogens (tertiary/aromatic N) is 1. The quantitative estimate of drug-likeness (QED) is 0.424. The van der Waals surface area contributed by atoms with E-state index in [4.69, 9.17) is 12.2 Å². The number of nitrogens with one attached hydrogen (secondary N) is 3. The molecule has 0 saturated carbocycles. The van der Waals surface area contributed by atoms with Crippen LogP contribution in [0.15, 0.2) is 52.6 Å². The highest BCUT2D eigenvalue weighted by molar-refractivity contribution is 7.71. The van der Waals surface area contributed by atoms with E-state index in [1.54, 1.807) is 29.5 Å². The summed E-state index contributed by atoms with van der Waals surface area (Å²) < 4.78 is 0.230. The van der Waals surface area contributed by atoms with Gasteiger partial charge in [0.2, 0.25) is 0 Å². The third-order valence-electron chi connectivity index (χ3n) is 4.52. The van der Waals surface area contributed by atoms with E-state index in [2.05, 4.69) is 51.5 Å². The largest absolute Gasteiger partial charge is 0.352 e. The first kappa shape index (κ1) is 19.2. The average molecular weight is 423 g/mol. The second kappa shape index (κ2) is 8.10. The number of amides is 1. The molecule has 29 heavy (non-hydrogen) atoms. The first-order chi connectivity index (χ1) is 14.0. The van der Waals surface area contributed by atoms with Crippen LogP contribution in [0.2, 0.25) is 0 Å². The van der Waals surface area contributed by atoms with Crippen molar-refractivity contribution < 1.29 is 4.79 Å². The van der Waals surface area contributed by atoms with E-state index in [9.17, 15) is 9.59 Å². The van der Waals surface area contributed by atoms with Crippen molar-refractivity contribution in [2.24, 2.45) is 0 Å². The Labute approximate surface area is 175 Å². The monoisotopic (exact) mass is 422 g/mol. The molecule has 6 nitrogen and oxygen atoms in total. The van der Waals surface area contributed by atoms with E-state index in [1.807, 2.05) is 5.38 Å². The summed E-state index contributed by atoms with van der Waals surface area (Å²) in [7, 11) is 0. The van der Waals surface area contributed by atoms with Crippen LogP contribution in [0, 0.1) is 11.7 Å². The van der Waals surface area contributed by atoms with Gasteiger partial charge in [-0.3, -0.25) is 14.6 Å². The lowest BCUT2D eigenvalue weighted by Gasteiger charge is -2.05. The van der Waals surface area contributed by atoms with Gasteiger partial charge in [-0.2, -0.15) is 0 Å². The van der Waals surface area contributed by atoms with Gasteiger partial charge in [-0.1, -0.05) is 29.8 Å². The second-order valence-electron chi connectivity index (χ2n) is 6.68. The van der Waals surface area contributed by atoms with Gasteiger partial charge < -0.3 is 10.3 Å². The van der Waals surface area contributed by atoms with Crippen molar-refractivity contribution in [3.05, 3.63) is 79.8 Å². The highest BCUT2D eigenvalue weighted by Crippen LogP contribution is 2.24. The summed E-state index contributed by atoms with van der Waals surface area (Å²) >= 11 is 6.58. The van der Waals surface area contributed by atoms with Gasteiger partial charge in [0.05, 0.1) is 16.6 Å². The van der Waals surface area contributed by atoms with Crippen molar-refractivity contribution in [2.45, 2.75) is 13.3 Å². The van der Waals surface area contributed by atoms with Gasteiger partial charge in [-0.15, -0.1) is 11.3 Å². The smallest absolute Gasteiger partial charge is 0.259 e. The zero-order valence-electron chi connectivity index (χ0n) is 15.6. The molecule has 2 heterocycles. The SMILES string of the molecule is Cc1ccc(-c2nc(CCNC(=O)c3ccc4c(=O)[nH]c(=S)[nH]c4c3)cs2)cc1. The van der Waals surface area contributed by atoms with Crippen LogP contribution in [0.1, 0.15) is 21.6 Å². The Morgan fingerprint density at radius 3 is 2.76 bits per heavy atom. The highest BCUT2D eigenvalue weighted by atomic mass is 32.1. The number of carbonyl (C=O) groups is 1. The molecule has 0 radical (unpaired) electrons. The van der Waals surface area contributed by atoms with E-state index in [1.165, 1.54) is 5.56 Å². The van der Waals surface area contributed by atoms with Gasteiger partial charge in [0.1, 0.15) is 5.01 Å². The van der Waals surface area contributed by atoms with Crippen molar-refractivity contribution in [1.82, 2.24) is 20.3 Å². The number of fused-ring (bicyclic) bond motifs is 1. The van der Waals surface area contributed by atoms with Crippen LogP contribution in [0.5, 0.6) is 0 Å². The molecule has 2 aromatic heterocycles. The first-order valence-electron chi connectivity index (χ1n) is 9.05. The van der Waals surface area contributed by atoms with Crippen molar-refractivity contribution in [3.8, 4) is 10.6 Å². The van der Waals surface area contributed by atoms with Gasteiger partial charge in [0.25, 0.3) is 11.5 Å². The summed E-state index contributed by atoms with van der Waals surface area (Å²) in [6, 6.07) is 13.1. The second-order valence-corrected chi connectivity index (χ2v) is 7.95. The Morgan fingerprint density at radius 2 is 1.97 bits per heavy atom. The maximum absolute atomic E-state index is 12.5. The van der Waals surface area contributed by atoms with Gasteiger partial charge in [-0.05, 0) is 37.3 Å². The molecule has 3 N–H and O–H groups in total. The van der Waals surface area contributed by atoms with Crippen LogP contribution in [-0.2, 0) is 6.42 Å². The molecule has 0 unspecified atom stereocenters. The van der Waals surface area contributed by atoms with Crippen LogP contribution in [-0.4, -0.2) is 27.4 Å². The molecular weight excluding hydrogens is 404 g/mol. The number of aromatic amines is 2. The number of benzene rings is 2. The molecule has 8 heteroatoms. The third-order valence-corrected chi connectivity index (χ3v) is 5.66. The maximum Gasteiger partial charge on any atom is 0.259 e. The standard InChI is InChI=1S/C21H18N4O2S2/c1-12-2-4-13(5-3-12)20-23-15(11-29-20)8-9-22-18(26)14-6-7-16-17(10-14)24-21(28)25-19(16)27/h2-7,10-11H,8-9H2,1H3,(H,22,26)(H2,24,25,27,28). The molecule has 0 bridgehead atoms. The van der Waals surface area contributed by atoms with Gasteiger partial charge in [0.15, 0.2) is 4.77 Å². The van der Waals surface area contributed by atoms with Crippen LogP contribution in [0.3, 0.4) is 0 Å². The lowest BCUT2D eigenvalue weighted by Crippen LogP contribution is -2.25. The fraction of sp³-hybridized carbons (Fsp3) is 0.143. The number of hydrogen-bond donors (Lipinski definition) is 3. The number of thiazole rings is 1. The molecule has 0 spiro atoms. The van der Waals surface area contributed by atoms with Crippen LogP contribution < -0.4 is 10.9 Å². The fourth-order valence-corrected chi connectivity index (χ4v) is 4.03. The number of aromatic nitrogens is 3. The summed E-state index contributed by atoms with van der Waals surface area (Å²) in [5.41, 5.74) is 3.98. The summed E-state index contributed by atoms with van der Waals surface area (Å²) in [5, 5.41) is 6.35. The number of aryl methyl sites for hydroxylation is 1. The molecule has 0 aliphatic carbocycles. The lowest BCUT2D eigenvalue weighted by atomic mass is 10.1. The predicted octanol–water partition coefficient (Wildman–Crippen LogP) is 3.99. The van der Waals surface area contributed by atoms with Crippen molar-refractivity contribution in [2.75, 3.05) is 6.54 Å². The summed E-state index contributed by atoms with van der Waals surface area (Å²) in [6.45, 7) is 2.53. The summed E-state index contributed by atoms with van der Waals surface area (Å²) in [4.78, 5) is 34.4. The third kappa shape index (κ3) is 4.33. The van der Waals surface area contributed by atoms with Gasteiger partial charge in [0, 0.05) is 29.5 Å². The van der Waals surface area contributed by atoms with E-state index < -0.39 is 0 Å². The van der Waals surface area contributed by atoms with Crippen LogP contribution in [0.4, 0.5) is 0 Å². The highest BCUT2D eigenvalue weighted by Gasteiger charge is 2.09. The molecule has 0 fully saturated rings. The predicted molar refractivity (Wildman–Crippen MR) is 118 cm³/mol. The van der Waals surface area contributed by atoms with Crippen molar-refractivity contribution in [1.29, 1.82) is 0 Å². The molecule has 0 atom stereocenters. The molecule has 4 rings (SSSR count).